The molecule has 0 atom stereocenters. The lowest BCUT2D eigenvalue weighted by Gasteiger charge is -2.26. The first-order chi connectivity index (χ1) is 9.08. The smallest absolute Gasteiger partial charge is 0.282 e. The second-order valence-corrected chi connectivity index (χ2v) is 4.41. The first-order valence-electron chi connectivity index (χ1n) is 6.08. The van der Waals surface area contributed by atoms with Crippen LogP contribution in [0.3, 0.4) is 0 Å². The highest BCUT2D eigenvalue weighted by Gasteiger charge is 2.23. The van der Waals surface area contributed by atoms with Gasteiger partial charge in [0.1, 0.15) is 11.4 Å². The van der Waals surface area contributed by atoms with Crippen molar-refractivity contribution in [3.8, 4) is 0 Å². The van der Waals surface area contributed by atoms with Gasteiger partial charge in [0.05, 0.1) is 4.92 Å². The zero-order valence-electron chi connectivity index (χ0n) is 10.3. The van der Waals surface area contributed by atoms with Crippen molar-refractivity contribution in [3.05, 3.63) is 39.7 Å². The minimum Gasteiger partial charge on any atom is -0.285 e. The van der Waals surface area contributed by atoms with Crippen molar-refractivity contribution < 1.29 is 14.1 Å². The predicted octanol–water partition coefficient (Wildman–Crippen LogP) is 1.86. The molecular weight excluding hydrogens is 253 g/mol. The Labute approximate surface area is 109 Å². The summed E-state index contributed by atoms with van der Waals surface area (Å²) in [5.74, 6) is -1.32. The summed E-state index contributed by atoms with van der Waals surface area (Å²) in [5, 5.41) is 12.5. The molecule has 2 rings (SSSR count). The molecule has 0 aliphatic carbocycles. The van der Waals surface area contributed by atoms with Crippen molar-refractivity contribution >= 4 is 11.6 Å². The highest BCUT2D eigenvalue weighted by molar-refractivity contribution is 5.97. The second kappa shape index (κ2) is 5.75. The van der Waals surface area contributed by atoms with Gasteiger partial charge in [0.25, 0.3) is 11.6 Å². The maximum absolute atomic E-state index is 13.1. The van der Waals surface area contributed by atoms with Crippen LogP contribution in [0.15, 0.2) is 18.2 Å². The van der Waals surface area contributed by atoms with Gasteiger partial charge in [0.2, 0.25) is 0 Å². The molecule has 1 aliphatic heterocycles. The lowest BCUT2D eigenvalue weighted by Crippen LogP contribution is -2.45. The van der Waals surface area contributed by atoms with Crippen LogP contribution in [0.4, 0.5) is 10.1 Å². The summed E-state index contributed by atoms with van der Waals surface area (Å²) < 4.78 is 13.1. The molecule has 1 aliphatic rings. The lowest BCUT2D eigenvalue weighted by molar-refractivity contribution is -0.385. The Morgan fingerprint density at radius 1 is 1.32 bits per heavy atom. The van der Waals surface area contributed by atoms with Gasteiger partial charge >= 0.3 is 0 Å². The molecule has 1 aromatic carbocycles. The zero-order valence-corrected chi connectivity index (χ0v) is 10.3. The third kappa shape index (κ3) is 3.25. The van der Waals surface area contributed by atoms with Gasteiger partial charge in [0.15, 0.2) is 0 Å². The summed E-state index contributed by atoms with van der Waals surface area (Å²) >= 11 is 0. The van der Waals surface area contributed by atoms with E-state index in [9.17, 15) is 19.3 Å². The Bertz CT molecular complexity index is 501. The number of nitrogens with one attached hydrogen (secondary N) is 1. The molecule has 102 valence electrons. The zero-order chi connectivity index (χ0) is 13.8. The number of benzene rings is 1. The van der Waals surface area contributed by atoms with Crippen molar-refractivity contribution in [1.29, 1.82) is 0 Å². The fraction of sp³-hybridized carbons (Fsp3) is 0.417. The van der Waals surface area contributed by atoms with E-state index in [1.807, 2.05) is 0 Å². The Balaban J connectivity index is 2.17. The van der Waals surface area contributed by atoms with Crippen LogP contribution in [-0.2, 0) is 0 Å². The normalized spacial score (nSPS) is 16.1. The molecule has 0 spiro atoms. The van der Waals surface area contributed by atoms with Crippen LogP contribution in [0, 0.1) is 15.9 Å². The maximum Gasteiger partial charge on any atom is 0.282 e. The molecule has 1 fully saturated rings. The van der Waals surface area contributed by atoms with Crippen LogP contribution in [0.1, 0.15) is 29.6 Å². The van der Waals surface area contributed by atoms with Gasteiger partial charge in [-0.25, -0.2) is 9.40 Å². The fourth-order valence-electron chi connectivity index (χ4n) is 2.06. The molecule has 1 saturated heterocycles. The number of hydrogen-bond acceptors (Lipinski definition) is 4. The number of rotatable bonds is 3. The summed E-state index contributed by atoms with van der Waals surface area (Å²) in [4.78, 5) is 22.1. The van der Waals surface area contributed by atoms with Crippen molar-refractivity contribution in [2.24, 2.45) is 0 Å². The van der Waals surface area contributed by atoms with Crippen molar-refractivity contribution in [2.45, 2.75) is 19.3 Å². The van der Waals surface area contributed by atoms with Gasteiger partial charge in [-0.1, -0.05) is 6.42 Å². The van der Waals surface area contributed by atoms with Crippen LogP contribution in [0.25, 0.3) is 0 Å². The topological polar surface area (TPSA) is 75.5 Å². The van der Waals surface area contributed by atoms with Crippen LogP contribution >= 0.6 is 0 Å². The first kappa shape index (κ1) is 13.4. The number of carbonyl (C=O) groups is 1. The molecule has 0 bridgehead atoms. The Morgan fingerprint density at radius 3 is 2.63 bits per heavy atom. The number of carbonyl (C=O) groups excluding carboxylic acids is 1. The maximum atomic E-state index is 13.1. The molecule has 0 aromatic heterocycles. The molecular formula is C12H14FN3O3. The summed E-state index contributed by atoms with van der Waals surface area (Å²) in [5.41, 5.74) is 1.93. The van der Waals surface area contributed by atoms with E-state index in [-0.39, 0.29) is 5.56 Å². The van der Waals surface area contributed by atoms with Gasteiger partial charge in [-0.15, -0.1) is 0 Å². The number of piperidine rings is 1. The number of halogens is 1. The third-order valence-corrected chi connectivity index (χ3v) is 3.02. The van der Waals surface area contributed by atoms with Crippen LogP contribution in [0.5, 0.6) is 0 Å². The van der Waals surface area contributed by atoms with Gasteiger partial charge in [0, 0.05) is 19.2 Å². The molecule has 1 heterocycles. The van der Waals surface area contributed by atoms with Crippen molar-refractivity contribution in [1.82, 2.24) is 10.4 Å². The first-order valence-corrected chi connectivity index (χ1v) is 6.08. The third-order valence-electron chi connectivity index (χ3n) is 3.02. The number of amides is 1. The summed E-state index contributed by atoms with van der Waals surface area (Å²) in [7, 11) is 0. The molecule has 7 heteroatoms. The van der Waals surface area contributed by atoms with E-state index in [4.69, 9.17) is 0 Å². The van der Waals surface area contributed by atoms with E-state index >= 15 is 0 Å². The number of hydrogen-bond donors (Lipinski definition) is 1. The number of nitrogens with zero attached hydrogens (tertiary/aromatic N) is 2. The minimum atomic E-state index is -0.690. The molecule has 0 radical (unpaired) electrons. The molecule has 1 amide bonds. The molecule has 19 heavy (non-hydrogen) atoms. The van der Waals surface area contributed by atoms with Crippen LogP contribution in [-0.4, -0.2) is 28.9 Å². The fourth-order valence-corrected chi connectivity index (χ4v) is 2.06. The van der Waals surface area contributed by atoms with Crippen LogP contribution in [0.2, 0.25) is 0 Å². The Kier molecular flexibility index (Phi) is 4.06. The van der Waals surface area contributed by atoms with E-state index in [0.29, 0.717) is 13.1 Å². The highest BCUT2D eigenvalue weighted by Crippen LogP contribution is 2.19. The molecule has 6 nitrogen and oxygen atoms in total. The molecule has 1 N–H and O–H groups in total. The number of nitro groups is 1. The van der Waals surface area contributed by atoms with E-state index in [0.717, 1.165) is 37.5 Å². The second-order valence-electron chi connectivity index (χ2n) is 4.41. The van der Waals surface area contributed by atoms with E-state index in [2.05, 4.69) is 5.43 Å². The SMILES string of the molecule is O=C(NN1CCCCC1)c1cc(F)ccc1[N+](=O)[O-]. The molecule has 0 unspecified atom stereocenters. The van der Waals surface area contributed by atoms with Crippen molar-refractivity contribution in [3.63, 3.8) is 0 Å². The average Bonchev–Trinajstić information content (AvgIpc) is 2.39. The number of nitro benzene ring substituents is 1. The Hall–Kier alpha value is -2.02. The summed E-state index contributed by atoms with van der Waals surface area (Å²) in [6.07, 6.45) is 3.03. The molecule has 0 saturated carbocycles. The minimum absolute atomic E-state index is 0.254. The average molecular weight is 267 g/mol. The van der Waals surface area contributed by atoms with Gasteiger partial charge in [-0.05, 0) is 25.0 Å². The van der Waals surface area contributed by atoms with E-state index in [1.165, 1.54) is 0 Å². The molecule has 1 aromatic rings. The van der Waals surface area contributed by atoms with E-state index in [1.54, 1.807) is 5.01 Å². The number of hydrazine groups is 1. The highest BCUT2D eigenvalue weighted by atomic mass is 19.1. The quantitative estimate of drug-likeness (QED) is 0.670. The van der Waals surface area contributed by atoms with Crippen LogP contribution < -0.4 is 5.43 Å². The monoisotopic (exact) mass is 267 g/mol. The Morgan fingerprint density at radius 2 is 2.00 bits per heavy atom. The van der Waals surface area contributed by atoms with E-state index < -0.39 is 22.3 Å². The van der Waals surface area contributed by atoms with Gasteiger partial charge in [-0.3, -0.25) is 20.3 Å². The van der Waals surface area contributed by atoms with Gasteiger partial charge < -0.3 is 0 Å². The lowest BCUT2D eigenvalue weighted by atomic mass is 10.1. The summed E-state index contributed by atoms with van der Waals surface area (Å²) in [6.45, 7) is 1.41. The largest absolute Gasteiger partial charge is 0.285 e. The standard InChI is InChI=1S/C12H14FN3O3/c13-9-4-5-11(16(18)19)10(8-9)12(17)14-15-6-2-1-3-7-15/h4-5,8H,1-3,6-7H2,(H,14,17). The van der Waals surface area contributed by atoms with Gasteiger partial charge in [-0.2, -0.15) is 0 Å². The predicted molar refractivity (Wildman–Crippen MR) is 65.9 cm³/mol. The summed E-state index contributed by atoms with van der Waals surface area (Å²) in [6, 6.07) is 2.85. The van der Waals surface area contributed by atoms with Crippen molar-refractivity contribution in [2.75, 3.05) is 13.1 Å².